The monoisotopic (exact) mass is 846 g/mol. The maximum absolute atomic E-state index is 16.4. The number of nitrogens with two attached hydrogens (primary N) is 1. The van der Waals surface area contributed by atoms with Gasteiger partial charge >= 0.3 is 6.03 Å². The predicted molar refractivity (Wildman–Crippen MR) is 233 cm³/mol. The van der Waals surface area contributed by atoms with Crippen molar-refractivity contribution in [3.63, 3.8) is 0 Å². The number of aryl methyl sites for hydroxylation is 2. The van der Waals surface area contributed by atoms with Crippen molar-refractivity contribution in [2.75, 3.05) is 67.9 Å². The number of carbonyl (C=O) groups is 3. The molecule has 4 N–H and O–H groups in total. The maximum Gasteiger partial charge on any atom is 0.328 e. The van der Waals surface area contributed by atoms with Gasteiger partial charge in [0.05, 0.1) is 23.3 Å². The number of rotatable bonds is 8. The van der Waals surface area contributed by atoms with Crippen LogP contribution in [0.25, 0.3) is 22.3 Å². The molecular weight excluding hydrogens is 795 g/mol. The third kappa shape index (κ3) is 8.15. The number of imide groups is 1. The predicted octanol–water partition coefficient (Wildman–Crippen LogP) is 6.46. The summed E-state index contributed by atoms with van der Waals surface area (Å²) in [6.45, 7) is 7.40. The number of amides is 4. The molecule has 0 bridgehead atoms. The van der Waals surface area contributed by atoms with Crippen LogP contribution in [0.2, 0.25) is 0 Å². The van der Waals surface area contributed by atoms with Crippen molar-refractivity contribution in [1.29, 1.82) is 0 Å². The molecule has 14 nitrogen and oxygen atoms in total. The Bertz CT molecular complexity index is 2530. The SMILES string of the molecule is Cc1cc(C(=O)N2CCC(F)(CN3CCC(n4cc(C)c5cc(N6CCC(=O)NC6=O)cnc54)CC3)CC2)ccc1C1CC(F)CN(c2cc(-c3ccccc3O)nnc2N)C1. The number of nitrogen functional groups attached to an aromatic ring is 1. The number of hydrogen-bond acceptors (Lipinski definition) is 10. The maximum atomic E-state index is 16.4. The van der Waals surface area contributed by atoms with Crippen molar-refractivity contribution < 1.29 is 28.3 Å². The molecule has 4 aliphatic heterocycles. The normalized spacial score (nSPS) is 21.4. The molecule has 4 saturated heterocycles. The lowest BCUT2D eigenvalue weighted by atomic mass is 9.86. The molecule has 62 heavy (non-hydrogen) atoms. The zero-order chi connectivity index (χ0) is 43.3. The minimum atomic E-state index is -1.39. The molecule has 9 rings (SSSR count). The van der Waals surface area contributed by atoms with E-state index in [0.717, 1.165) is 53.7 Å². The number of fused-ring (bicyclic) bond motifs is 1. The smallest absolute Gasteiger partial charge is 0.328 e. The van der Waals surface area contributed by atoms with E-state index in [1.165, 1.54) is 0 Å². The van der Waals surface area contributed by atoms with E-state index in [0.29, 0.717) is 67.3 Å². The molecule has 324 valence electrons. The summed E-state index contributed by atoms with van der Waals surface area (Å²) in [7, 11) is 0. The Hall–Kier alpha value is -6.16. The van der Waals surface area contributed by atoms with Crippen LogP contribution < -0.4 is 20.9 Å². The second-order valence-electron chi connectivity index (χ2n) is 17.5. The van der Waals surface area contributed by atoms with Crippen LogP contribution in [0.15, 0.2) is 67.0 Å². The summed E-state index contributed by atoms with van der Waals surface area (Å²) in [6.07, 6.45) is 5.46. The van der Waals surface area contributed by atoms with Crippen LogP contribution in [0.3, 0.4) is 0 Å². The summed E-state index contributed by atoms with van der Waals surface area (Å²) in [5, 5.41) is 22.0. The van der Waals surface area contributed by atoms with E-state index >= 15 is 8.78 Å². The number of alkyl halides is 2. The highest BCUT2D eigenvalue weighted by Gasteiger charge is 2.39. The Labute approximate surface area is 358 Å². The number of likely N-dealkylation sites (tertiary alicyclic amines) is 2. The number of nitrogens with one attached hydrogen (secondary N) is 1. The first-order valence-electron chi connectivity index (χ1n) is 21.5. The van der Waals surface area contributed by atoms with Crippen molar-refractivity contribution in [1.82, 2.24) is 34.9 Å². The van der Waals surface area contributed by atoms with Gasteiger partial charge in [-0.2, -0.15) is 0 Å². The third-order valence-corrected chi connectivity index (χ3v) is 13.3. The molecule has 0 saturated carbocycles. The number of pyridine rings is 1. The first-order valence-corrected chi connectivity index (χ1v) is 21.5. The molecule has 4 aliphatic rings. The van der Waals surface area contributed by atoms with Gasteiger partial charge in [-0.05, 0) is 86.2 Å². The van der Waals surface area contributed by atoms with Crippen LogP contribution >= 0.6 is 0 Å². The average Bonchev–Trinajstić information content (AvgIpc) is 3.59. The van der Waals surface area contributed by atoms with Gasteiger partial charge in [0.15, 0.2) is 5.82 Å². The number of hydrogen-bond donors (Lipinski definition) is 3. The minimum Gasteiger partial charge on any atom is -0.507 e. The van der Waals surface area contributed by atoms with E-state index < -0.39 is 17.9 Å². The molecule has 5 aromatic rings. The molecule has 2 atom stereocenters. The lowest BCUT2D eigenvalue weighted by molar-refractivity contribution is -0.120. The molecule has 2 unspecified atom stereocenters. The summed E-state index contributed by atoms with van der Waals surface area (Å²) in [6, 6.07) is 15.9. The number of phenolic OH excluding ortho intramolecular Hbond substituents is 1. The minimum absolute atomic E-state index is 0.0609. The van der Waals surface area contributed by atoms with Gasteiger partial charge in [0.2, 0.25) is 5.91 Å². The first kappa shape index (κ1) is 41.2. The van der Waals surface area contributed by atoms with E-state index in [1.54, 1.807) is 52.4 Å². The van der Waals surface area contributed by atoms with Crippen molar-refractivity contribution in [2.24, 2.45) is 0 Å². The highest BCUT2D eigenvalue weighted by Crippen LogP contribution is 2.38. The van der Waals surface area contributed by atoms with Crippen LogP contribution in [0.4, 0.5) is 30.8 Å². The topological polar surface area (TPSA) is 166 Å². The van der Waals surface area contributed by atoms with E-state index in [9.17, 15) is 19.5 Å². The van der Waals surface area contributed by atoms with Gasteiger partial charge in [-0.25, -0.2) is 18.6 Å². The fourth-order valence-electron chi connectivity index (χ4n) is 9.92. The van der Waals surface area contributed by atoms with Crippen molar-refractivity contribution in [2.45, 2.75) is 76.2 Å². The Morgan fingerprint density at radius 1 is 0.968 bits per heavy atom. The zero-order valence-corrected chi connectivity index (χ0v) is 35.1. The number of aromatic nitrogens is 4. The number of piperidine rings is 3. The van der Waals surface area contributed by atoms with Gasteiger partial charge in [-0.15, -0.1) is 10.2 Å². The van der Waals surface area contributed by atoms with Gasteiger partial charge in [-0.1, -0.05) is 18.2 Å². The number of urea groups is 1. The summed E-state index contributed by atoms with van der Waals surface area (Å²) in [4.78, 5) is 50.0. The van der Waals surface area contributed by atoms with Gasteiger partial charge in [0, 0.05) is 106 Å². The Kier molecular flexibility index (Phi) is 11.0. The summed E-state index contributed by atoms with van der Waals surface area (Å²) >= 11 is 0. The lowest BCUT2D eigenvalue weighted by Gasteiger charge is -2.41. The van der Waals surface area contributed by atoms with Gasteiger partial charge in [0.1, 0.15) is 23.2 Å². The molecule has 7 heterocycles. The number of nitrogens with zero attached hydrogens (tertiary/aromatic N) is 8. The van der Waals surface area contributed by atoms with E-state index in [2.05, 4.69) is 31.2 Å². The highest BCUT2D eigenvalue weighted by atomic mass is 19.1. The summed E-state index contributed by atoms with van der Waals surface area (Å²) in [5.41, 5.74) is 11.3. The molecule has 3 aromatic heterocycles. The molecule has 4 fully saturated rings. The second kappa shape index (κ2) is 16.6. The van der Waals surface area contributed by atoms with Crippen molar-refractivity contribution >= 4 is 46.1 Å². The van der Waals surface area contributed by atoms with E-state index in [-0.39, 0.29) is 61.1 Å². The molecule has 16 heteroatoms. The molecule has 4 amide bonds. The van der Waals surface area contributed by atoms with Gasteiger partial charge < -0.3 is 30.1 Å². The van der Waals surface area contributed by atoms with E-state index in [1.807, 2.05) is 36.9 Å². The molecule has 0 spiro atoms. The van der Waals surface area contributed by atoms with Crippen molar-refractivity contribution in [3.8, 4) is 17.0 Å². The number of para-hydroxylation sites is 1. The van der Waals surface area contributed by atoms with Crippen LogP contribution in [0, 0.1) is 13.8 Å². The molecule has 2 aromatic carbocycles. The van der Waals surface area contributed by atoms with Crippen LogP contribution in [-0.4, -0.2) is 117 Å². The van der Waals surface area contributed by atoms with E-state index in [4.69, 9.17) is 10.7 Å². The van der Waals surface area contributed by atoms with Gasteiger partial charge in [-0.3, -0.25) is 19.8 Å². The Balaban J connectivity index is 0.790. The first-order chi connectivity index (χ1) is 29.8. The number of carbonyl (C=O) groups excluding carboxylic acids is 3. The third-order valence-electron chi connectivity index (χ3n) is 13.3. The average molecular weight is 847 g/mol. The number of aromatic hydroxyl groups is 1. The fourth-order valence-corrected chi connectivity index (χ4v) is 9.92. The molecule has 0 radical (unpaired) electrons. The van der Waals surface area contributed by atoms with Crippen molar-refractivity contribution in [3.05, 3.63) is 89.2 Å². The summed E-state index contributed by atoms with van der Waals surface area (Å²) in [5.74, 6) is -0.338. The standard InChI is InChI=1S/C46H52F2N10O4/c1-28-19-30(7-8-35(28)31-20-32(47)26-56(25-31)39-22-38(52-53-42(39)49)36-5-3-4-6-40(36)59)44(61)55-17-12-46(48,13-18-55)27-54-14-9-33(10-15-54)58-24-29(2)37-21-34(23-50-43(37)58)57-16-11-41(60)51-45(57)62/h3-8,19,21-24,31-33,59H,9-18,20,25-27H2,1-2H3,(H2,49,53)(H,51,60,62). The second-order valence-corrected chi connectivity index (χ2v) is 17.5. The Morgan fingerprint density at radius 3 is 2.48 bits per heavy atom. The largest absolute Gasteiger partial charge is 0.507 e. The number of halogens is 2. The fraction of sp³-hybridized carbons (Fsp3) is 0.435. The molecule has 0 aliphatic carbocycles. The number of anilines is 3. The number of benzene rings is 2. The molecular formula is C46H52F2N10O4. The van der Waals surface area contributed by atoms with Crippen LogP contribution in [-0.2, 0) is 4.79 Å². The zero-order valence-electron chi connectivity index (χ0n) is 35.1. The summed E-state index contributed by atoms with van der Waals surface area (Å²) < 4.78 is 34.0. The highest BCUT2D eigenvalue weighted by molar-refractivity contribution is 6.06. The Morgan fingerprint density at radius 2 is 1.74 bits per heavy atom. The van der Waals surface area contributed by atoms with Crippen LogP contribution in [0.1, 0.15) is 77.5 Å². The lowest BCUT2D eigenvalue weighted by Crippen LogP contribution is -2.51. The van der Waals surface area contributed by atoms with Gasteiger partial charge in [0.25, 0.3) is 5.91 Å². The number of phenols is 1. The van der Waals surface area contributed by atoms with Crippen LogP contribution in [0.5, 0.6) is 5.75 Å². The quantitative estimate of drug-likeness (QED) is 0.158.